The molecular weight excluding hydrogens is 276 g/mol. The average molecular weight is 298 g/mol. The van der Waals surface area contributed by atoms with Crippen molar-refractivity contribution in [3.05, 3.63) is 53.3 Å². The molecule has 0 aliphatic carbocycles. The van der Waals surface area contributed by atoms with E-state index in [1.807, 2.05) is 50.2 Å². The molecule has 1 aliphatic heterocycles. The van der Waals surface area contributed by atoms with E-state index in [4.69, 9.17) is 0 Å². The fourth-order valence-electron chi connectivity index (χ4n) is 3.26. The molecule has 116 valence electrons. The van der Waals surface area contributed by atoms with Gasteiger partial charge in [-0.25, -0.2) is 0 Å². The molecule has 1 amide bonds. The molecule has 0 bridgehead atoms. The van der Waals surface area contributed by atoms with E-state index in [-0.39, 0.29) is 5.91 Å². The fraction of sp³-hybridized carbons (Fsp3) is 0.389. The van der Waals surface area contributed by atoms with Gasteiger partial charge in [0, 0.05) is 30.2 Å². The van der Waals surface area contributed by atoms with Gasteiger partial charge in [0.25, 0.3) is 5.91 Å². The molecule has 3 rings (SSSR count). The van der Waals surface area contributed by atoms with Crippen LogP contribution in [0.15, 0.2) is 36.4 Å². The Morgan fingerprint density at radius 2 is 1.95 bits per heavy atom. The second-order valence-electron chi connectivity index (χ2n) is 6.00. The number of aromatic nitrogens is 1. The standard InChI is InChI=1S/C18H22N2O2/c1-13-11-17(18(22)19-10-6-9-16(21)12-19)14(2)20(13)15-7-4-3-5-8-15/h3-5,7-8,11,16,21H,6,9-10,12H2,1-2H3. The monoisotopic (exact) mass is 298 g/mol. The van der Waals surface area contributed by atoms with Crippen LogP contribution in [0.5, 0.6) is 0 Å². The highest BCUT2D eigenvalue weighted by atomic mass is 16.3. The largest absolute Gasteiger partial charge is 0.391 e. The third-order valence-corrected chi connectivity index (χ3v) is 4.36. The van der Waals surface area contributed by atoms with Gasteiger partial charge in [-0.15, -0.1) is 0 Å². The van der Waals surface area contributed by atoms with Gasteiger partial charge in [-0.1, -0.05) is 18.2 Å². The molecule has 4 heteroatoms. The summed E-state index contributed by atoms with van der Waals surface area (Å²) in [4.78, 5) is 14.5. The fourth-order valence-corrected chi connectivity index (χ4v) is 3.26. The van der Waals surface area contributed by atoms with Crippen molar-refractivity contribution >= 4 is 5.91 Å². The Kier molecular flexibility index (Phi) is 4.03. The minimum Gasteiger partial charge on any atom is -0.391 e. The number of hydrogen-bond donors (Lipinski definition) is 1. The third kappa shape index (κ3) is 2.66. The average Bonchev–Trinajstić information content (AvgIpc) is 2.82. The maximum atomic E-state index is 12.8. The van der Waals surface area contributed by atoms with E-state index in [0.717, 1.165) is 42.0 Å². The smallest absolute Gasteiger partial charge is 0.255 e. The first-order chi connectivity index (χ1) is 10.6. The highest BCUT2D eigenvalue weighted by Crippen LogP contribution is 2.23. The Morgan fingerprint density at radius 3 is 2.64 bits per heavy atom. The van der Waals surface area contributed by atoms with Gasteiger partial charge in [-0.3, -0.25) is 4.79 Å². The van der Waals surface area contributed by atoms with Crippen LogP contribution in [0.4, 0.5) is 0 Å². The number of β-amino-alcohol motifs (C(OH)–C–C–N with tert-alkyl or cyclic N) is 1. The van der Waals surface area contributed by atoms with Crippen LogP contribution in [0.2, 0.25) is 0 Å². The summed E-state index contributed by atoms with van der Waals surface area (Å²) in [5.74, 6) is 0.0223. The zero-order valence-corrected chi connectivity index (χ0v) is 13.1. The number of carbonyl (C=O) groups excluding carboxylic acids is 1. The van der Waals surface area contributed by atoms with Crippen molar-refractivity contribution in [2.75, 3.05) is 13.1 Å². The first-order valence-corrected chi connectivity index (χ1v) is 7.79. The number of aliphatic hydroxyl groups excluding tert-OH is 1. The number of para-hydroxylation sites is 1. The lowest BCUT2D eigenvalue weighted by Gasteiger charge is -2.30. The SMILES string of the molecule is Cc1cc(C(=O)N2CCCC(O)C2)c(C)n1-c1ccccc1. The molecule has 2 heterocycles. The molecule has 1 aliphatic rings. The normalized spacial score (nSPS) is 18.5. The van der Waals surface area contributed by atoms with Gasteiger partial charge in [0.15, 0.2) is 0 Å². The first kappa shape index (κ1) is 14.9. The lowest BCUT2D eigenvalue weighted by molar-refractivity contribution is 0.0473. The predicted molar refractivity (Wildman–Crippen MR) is 86.4 cm³/mol. The summed E-state index contributed by atoms with van der Waals surface area (Å²) in [7, 11) is 0. The van der Waals surface area contributed by atoms with Crippen molar-refractivity contribution in [1.29, 1.82) is 0 Å². The minimum absolute atomic E-state index is 0.0223. The van der Waals surface area contributed by atoms with Crippen LogP contribution in [-0.2, 0) is 0 Å². The quantitative estimate of drug-likeness (QED) is 0.926. The topological polar surface area (TPSA) is 45.5 Å². The molecule has 0 spiro atoms. The highest BCUT2D eigenvalue weighted by Gasteiger charge is 2.26. The molecule has 1 aromatic carbocycles. The van der Waals surface area contributed by atoms with Gasteiger partial charge in [0.1, 0.15) is 0 Å². The number of nitrogens with zero attached hydrogens (tertiary/aromatic N) is 2. The molecular formula is C18H22N2O2. The summed E-state index contributed by atoms with van der Waals surface area (Å²) >= 11 is 0. The van der Waals surface area contributed by atoms with Crippen LogP contribution in [0.3, 0.4) is 0 Å². The number of amides is 1. The summed E-state index contributed by atoms with van der Waals surface area (Å²) in [6.45, 7) is 5.16. The van der Waals surface area contributed by atoms with Gasteiger partial charge in [-0.05, 0) is 44.9 Å². The van der Waals surface area contributed by atoms with E-state index in [9.17, 15) is 9.90 Å². The van der Waals surface area contributed by atoms with Gasteiger partial charge in [0.2, 0.25) is 0 Å². The number of likely N-dealkylation sites (tertiary alicyclic amines) is 1. The number of carbonyl (C=O) groups is 1. The second-order valence-corrected chi connectivity index (χ2v) is 6.00. The summed E-state index contributed by atoms with van der Waals surface area (Å²) in [5.41, 5.74) is 3.80. The van der Waals surface area contributed by atoms with Crippen molar-refractivity contribution in [2.24, 2.45) is 0 Å². The van der Waals surface area contributed by atoms with E-state index in [1.165, 1.54) is 0 Å². The van der Waals surface area contributed by atoms with Crippen LogP contribution in [0.1, 0.15) is 34.6 Å². The summed E-state index contributed by atoms with van der Waals surface area (Å²) < 4.78 is 2.10. The molecule has 1 unspecified atom stereocenters. The highest BCUT2D eigenvalue weighted by molar-refractivity contribution is 5.96. The molecule has 1 N–H and O–H groups in total. The lowest BCUT2D eigenvalue weighted by atomic mass is 10.1. The molecule has 2 aromatic rings. The van der Waals surface area contributed by atoms with Crippen LogP contribution >= 0.6 is 0 Å². The molecule has 4 nitrogen and oxygen atoms in total. The Labute approximate surface area is 131 Å². The number of rotatable bonds is 2. The van der Waals surface area contributed by atoms with Gasteiger partial charge >= 0.3 is 0 Å². The maximum absolute atomic E-state index is 12.8. The van der Waals surface area contributed by atoms with Gasteiger partial charge < -0.3 is 14.6 Å². The molecule has 1 atom stereocenters. The van der Waals surface area contributed by atoms with Crippen molar-refractivity contribution in [3.63, 3.8) is 0 Å². The number of piperidine rings is 1. The number of aryl methyl sites for hydroxylation is 1. The van der Waals surface area contributed by atoms with Crippen LogP contribution in [0, 0.1) is 13.8 Å². The van der Waals surface area contributed by atoms with Gasteiger partial charge in [-0.2, -0.15) is 0 Å². The Balaban J connectivity index is 1.94. The van der Waals surface area contributed by atoms with Gasteiger partial charge in [0.05, 0.1) is 11.7 Å². The predicted octanol–water partition coefficient (Wildman–Crippen LogP) is 2.69. The zero-order valence-electron chi connectivity index (χ0n) is 13.1. The van der Waals surface area contributed by atoms with E-state index in [1.54, 1.807) is 4.90 Å². The van der Waals surface area contributed by atoms with Crippen molar-refractivity contribution in [2.45, 2.75) is 32.8 Å². The Hall–Kier alpha value is -2.07. The molecule has 0 saturated carbocycles. The molecule has 0 radical (unpaired) electrons. The zero-order chi connectivity index (χ0) is 15.7. The van der Waals surface area contributed by atoms with E-state index in [0.29, 0.717) is 6.54 Å². The number of benzene rings is 1. The van der Waals surface area contributed by atoms with Crippen molar-refractivity contribution < 1.29 is 9.90 Å². The summed E-state index contributed by atoms with van der Waals surface area (Å²) in [6.07, 6.45) is 1.26. The van der Waals surface area contributed by atoms with Crippen LogP contribution in [-0.4, -0.2) is 39.7 Å². The summed E-state index contributed by atoms with van der Waals surface area (Å²) in [6, 6.07) is 12.0. The molecule has 22 heavy (non-hydrogen) atoms. The van der Waals surface area contributed by atoms with E-state index in [2.05, 4.69) is 4.57 Å². The number of hydrogen-bond acceptors (Lipinski definition) is 2. The maximum Gasteiger partial charge on any atom is 0.255 e. The van der Waals surface area contributed by atoms with Crippen LogP contribution < -0.4 is 0 Å². The van der Waals surface area contributed by atoms with E-state index >= 15 is 0 Å². The summed E-state index contributed by atoms with van der Waals surface area (Å²) in [5, 5.41) is 9.78. The second kappa shape index (κ2) is 5.97. The molecule has 1 fully saturated rings. The Bertz CT molecular complexity index is 676. The minimum atomic E-state index is -0.393. The number of aliphatic hydroxyl groups is 1. The first-order valence-electron chi connectivity index (χ1n) is 7.79. The van der Waals surface area contributed by atoms with E-state index < -0.39 is 6.10 Å². The third-order valence-electron chi connectivity index (χ3n) is 4.36. The van der Waals surface area contributed by atoms with Crippen molar-refractivity contribution in [1.82, 2.24) is 9.47 Å². The van der Waals surface area contributed by atoms with Crippen LogP contribution in [0.25, 0.3) is 5.69 Å². The molecule has 1 saturated heterocycles. The molecule has 1 aromatic heterocycles. The Morgan fingerprint density at radius 1 is 1.23 bits per heavy atom. The van der Waals surface area contributed by atoms with Crippen molar-refractivity contribution in [3.8, 4) is 5.69 Å². The lowest BCUT2D eigenvalue weighted by Crippen LogP contribution is -2.42.